The molecule has 0 aliphatic carbocycles. The van der Waals surface area contributed by atoms with Crippen molar-refractivity contribution in [1.29, 1.82) is 5.26 Å². The Morgan fingerprint density at radius 3 is 2.62 bits per heavy atom. The van der Waals surface area contributed by atoms with E-state index in [0.717, 1.165) is 0 Å². The molecule has 29 heavy (non-hydrogen) atoms. The van der Waals surface area contributed by atoms with Gasteiger partial charge in [-0.3, -0.25) is 4.79 Å². The summed E-state index contributed by atoms with van der Waals surface area (Å²) in [6, 6.07) is 15.3. The number of hydrogen-bond acceptors (Lipinski definition) is 7. The summed E-state index contributed by atoms with van der Waals surface area (Å²) in [7, 11) is 0. The molecule has 3 aromatic rings. The Labute approximate surface area is 171 Å². The Kier molecular flexibility index (Phi) is 6.32. The number of carbonyl (C=O) groups is 1. The molecule has 0 saturated heterocycles. The van der Waals surface area contributed by atoms with Crippen molar-refractivity contribution in [3.8, 4) is 28.8 Å². The van der Waals surface area contributed by atoms with Crippen molar-refractivity contribution in [1.82, 2.24) is 9.97 Å². The number of benzene rings is 2. The summed E-state index contributed by atoms with van der Waals surface area (Å²) in [6.45, 7) is 2.14. The molecule has 0 unspecified atom stereocenters. The van der Waals surface area contributed by atoms with E-state index >= 15 is 0 Å². The van der Waals surface area contributed by atoms with Crippen LogP contribution in [0.15, 0.2) is 58.5 Å². The van der Waals surface area contributed by atoms with Gasteiger partial charge < -0.3 is 14.5 Å². The normalized spacial score (nSPS) is 10.2. The first-order valence-corrected chi connectivity index (χ1v) is 9.92. The molecule has 0 amide bonds. The number of aromatic amines is 1. The molecule has 7 nitrogen and oxygen atoms in total. The molecule has 0 fully saturated rings. The van der Waals surface area contributed by atoms with Gasteiger partial charge in [-0.25, -0.2) is 9.78 Å². The van der Waals surface area contributed by atoms with E-state index in [1.807, 2.05) is 6.07 Å². The third kappa shape index (κ3) is 4.47. The lowest BCUT2D eigenvalue weighted by Gasteiger charge is -2.13. The van der Waals surface area contributed by atoms with E-state index in [1.165, 1.54) is 11.8 Å². The molecule has 8 heteroatoms. The Balaban J connectivity index is 2.03. The monoisotopic (exact) mass is 407 g/mol. The molecular formula is C21H17N3O4S. The number of hydrogen-bond donors (Lipinski definition) is 1. The van der Waals surface area contributed by atoms with Gasteiger partial charge in [-0.1, -0.05) is 30.0 Å². The molecule has 0 radical (unpaired) electrons. The van der Waals surface area contributed by atoms with Crippen LogP contribution in [0.4, 0.5) is 0 Å². The van der Waals surface area contributed by atoms with Gasteiger partial charge in [0.15, 0.2) is 16.7 Å². The highest BCUT2D eigenvalue weighted by Gasteiger charge is 2.17. The van der Waals surface area contributed by atoms with Crippen LogP contribution in [-0.2, 0) is 0 Å². The van der Waals surface area contributed by atoms with Crippen molar-refractivity contribution >= 4 is 17.7 Å². The second-order valence-corrected chi connectivity index (χ2v) is 6.56. The lowest BCUT2D eigenvalue weighted by atomic mass is 10.1. The minimum atomic E-state index is -0.518. The molecule has 0 atom stereocenters. The topological polar surface area (TPSA) is 105 Å². The van der Waals surface area contributed by atoms with Crippen molar-refractivity contribution in [2.45, 2.75) is 12.1 Å². The number of esters is 1. The fourth-order valence-electron chi connectivity index (χ4n) is 2.60. The van der Waals surface area contributed by atoms with Gasteiger partial charge in [0.1, 0.15) is 11.6 Å². The minimum Gasteiger partial charge on any atom is -0.490 e. The zero-order valence-corrected chi connectivity index (χ0v) is 16.6. The summed E-state index contributed by atoms with van der Waals surface area (Å²) >= 11 is 1.26. The van der Waals surface area contributed by atoms with E-state index in [9.17, 15) is 14.9 Å². The molecule has 0 aliphatic heterocycles. The first-order valence-electron chi connectivity index (χ1n) is 8.70. The van der Waals surface area contributed by atoms with Gasteiger partial charge in [-0.05, 0) is 43.5 Å². The Morgan fingerprint density at radius 1 is 1.21 bits per heavy atom. The van der Waals surface area contributed by atoms with Crippen molar-refractivity contribution in [3.63, 3.8) is 0 Å². The number of nitrogens with zero attached hydrogens (tertiary/aromatic N) is 2. The van der Waals surface area contributed by atoms with E-state index in [2.05, 4.69) is 9.97 Å². The molecule has 2 aromatic carbocycles. The molecule has 0 saturated carbocycles. The number of nitrogens with one attached hydrogen (secondary N) is 1. The summed E-state index contributed by atoms with van der Waals surface area (Å²) in [5.41, 5.74) is 0.540. The van der Waals surface area contributed by atoms with Gasteiger partial charge >= 0.3 is 5.97 Å². The van der Waals surface area contributed by atoms with Crippen LogP contribution in [-0.4, -0.2) is 28.8 Å². The number of aromatic nitrogens is 2. The molecule has 0 aliphatic rings. The van der Waals surface area contributed by atoms with Crippen LogP contribution in [0.5, 0.6) is 11.5 Å². The van der Waals surface area contributed by atoms with Gasteiger partial charge in [0.05, 0.1) is 17.9 Å². The van der Waals surface area contributed by atoms with E-state index in [4.69, 9.17) is 9.47 Å². The summed E-state index contributed by atoms with van der Waals surface area (Å²) in [5.74, 6) is 0.0276. The van der Waals surface area contributed by atoms with E-state index in [-0.39, 0.29) is 17.0 Å². The van der Waals surface area contributed by atoms with Crippen LogP contribution in [0, 0.1) is 11.3 Å². The van der Waals surface area contributed by atoms with Crippen molar-refractivity contribution in [3.05, 3.63) is 70.0 Å². The largest absolute Gasteiger partial charge is 0.490 e. The van der Waals surface area contributed by atoms with Gasteiger partial charge in [0.25, 0.3) is 5.56 Å². The van der Waals surface area contributed by atoms with E-state index in [0.29, 0.717) is 28.6 Å². The lowest BCUT2D eigenvalue weighted by Crippen LogP contribution is -2.14. The van der Waals surface area contributed by atoms with Crippen LogP contribution < -0.4 is 15.0 Å². The Hall–Kier alpha value is -3.57. The Bertz CT molecular complexity index is 1140. The smallest absolute Gasteiger partial charge is 0.343 e. The maximum atomic E-state index is 12.4. The van der Waals surface area contributed by atoms with Crippen LogP contribution in [0.25, 0.3) is 11.3 Å². The van der Waals surface area contributed by atoms with Crippen molar-refractivity contribution < 1.29 is 14.3 Å². The number of rotatable bonds is 6. The first kappa shape index (κ1) is 20.2. The number of thioether (sulfide) groups is 1. The van der Waals surface area contributed by atoms with Crippen molar-refractivity contribution in [2.24, 2.45) is 0 Å². The second-order valence-electron chi connectivity index (χ2n) is 5.76. The highest BCUT2D eigenvalue weighted by atomic mass is 32.2. The summed E-state index contributed by atoms with van der Waals surface area (Å²) in [6.07, 6.45) is 1.77. The summed E-state index contributed by atoms with van der Waals surface area (Å²) < 4.78 is 11.1. The predicted octanol–water partition coefficient (Wildman–Crippen LogP) is 3.65. The molecule has 146 valence electrons. The first-order chi connectivity index (χ1) is 14.1. The molecule has 1 N–H and O–H groups in total. The molecule has 0 spiro atoms. The fraction of sp³-hybridized carbons (Fsp3) is 0.143. The van der Waals surface area contributed by atoms with Crippen LogP contribution in [0.2, 0.25) is 0 Å². The molecule has 1 aromatic heterocycles. The predicted molar refractivity (Wildman–Crippen MR) is 109 cm³/mol. The minimum absolute atomic E-state index is 0.0979. The number of ether oxygens (including phenoxy) is 2. The zero-order valence-electron chi connectivity index (χ0n) is 15.8. The molecule has 0 bridgehead atoms. The summed E-state index contributed by atoms with van der Waals surface area (Å²) in [5, 5.41) is 9.77. The lowest BCUT2D eigenvalue weighted by molar-refractivity contribution is 0.0728. The molecular weight excluding hydrogens is 390 g/mol. The van der Waals surface area contributed by atoms with Gasteiger partial charge in [0, 0.05) is 5.56 Å². The third-order valence-corrected chi connectivity index (χ3v) is 4.51. The SMILES string of the molecule is CCOc1cc(-c2nc(SC)[nH]c(=O)c2C#N)ccc1OC(=O)c1ccccc1. The van der Waals surface area contributed by atoms with E-state index in [1.54, 1.807) is 61.7 Å². The van der Waals surface area contributed by atoms with Crippen LogP contribution >= 0.6 is 11.8 Å². The molecule has 1 heterocycles. The maximum absolute atomic E-state index is 12.4. The third-order valence-electron chi connectivity index (χ3n) is 3.93. The maximum Gasteiger partial charge on any atom is 0.343 e. The number of carbonyl (C=O) groups excluding carboxylic acids is 1. The average molecular weight is 407 g/mol. The highest BCUT2D eigenvalue weighted by Crippen LogP contribution is 2.33. The van der Waals surface area contributed by atoms with Gasteiger partial charge in [0.2, 0.25) is 0 Å². The number of nitriles is 1. The van der Waals surface area contributed by atoms with Crippen molar-refractivity contribution in [2.75, 3.05) is 12.9 Å². The quantitative estimate of drug-likeness (QED) is 0.288. The van der Waals surface area contributed by atoms with Gasteiger partial charge in [-0.15, -0.1) is 0 Å². The molecule has 3 rings (SSSR count). The van der Waals surface area contributed by atoms with Gasteiger partial charge in [-0.2, -0.15) is 5.26 Å². The van der Waals surface area contributed by atoms with E-state index < -0.39 is 11.5 Å². The Morgan fingerprint density at radius 2 is 1.97 bits per heavy atom. The zero-order chi connectivity index (χ0) is 20.8. The van der Waals surface area contributed by atoms with Crippen LogP contribution in [0.1, 0.15) is 22.8 Å². The summed E-state index contributed by atoms with van der Waals surface area (Å²) in [4.78, 5) is 31.5. The second kappa shape index (κ2) is 9.08. The average Bonchev–Trinajstić information content (AvgIpc) is 2.75. The number of H-pyrrole nitrogens is 1. The van der Waals surface area contributed by atoms with Crippen LogP contribution in [0.3, 0.4) is 0 Å². The highest BCUT2D eigenvalue weighted by molar-refractivity contribution is 7.98. The standard InChI is InChI=1S/C21H17N3O4S/c1-3-27-17-11-14(18-15(12-22)19(25)24-21(23-18)29-2)9-10-16(17)28-20(26)13-7-5-4-6-8-13/h4-11H,3H2,1-2H3,(H,23,24,25). The fourth-order valence-corrected chi connectivity index (χ4v) is 2.98.